The summed E-state index contributed by atoms with van der Waals surface area (Å²) in [5.41, 5.74) is 0.867. The summed E-state index contributed by atoms with van der Waals surface area (Å²) in [5, 5.41) is 0. The van der Waals surface area contributed by atoms with Crippen molar-refractivity contribution in [2.75, 3.05) is 13.7 Å². The molecule has 0 N–H and O–H groups in total. The van der Waals surface area contributed by atoms with Gasteiger partial charge >= 0.3 is 0 Å². The topological polar surface area (TPSA) is 26.3 Å². The molecule has 2 heteroatoms. The van der Waals surface area contributed by atoms with Gasteiger partial charge in [0.2, 0.25) is 0 Å². The molecule has 4 aliphatic rings. The van der Waals surface area contributed by atoms with Crippen LogP contribution in [0.3, 0.4) is 0 Å². The molecule has 0 aromatic heterocycles. The quantitative estimate of drug-likeness (QED) is 0.675. The number of rotatable bonds is 3. The Kier molecular flexibility index (Phi) is 4.58. The number of hydrogen-bond donors (Lipinski definition) is 0. The second-order valence-corrected chi connectivity index (χ2v) is 10.5. The number of ketones is 1. The highest BCUT2D eigenvalue weighted by atomic mass is 16.5. The summed E-state index contributed by atoms with van der Waals surface area (Å²) in [7, 11) is 1.86. The van der Waals surface area contributed by atoms with Gasteiger partial charge in [-0.25, -0.2) is 0 Å². The van der Waals surface area contributed by atoms with Crippen molar-refractivity contribution >= 4 is 5.78 Å². The van der Waals surface area contributed by atoms with Crippen molar-refractivity contribution < 1.29 is 9.53 Å². The summed E-state index contributed by atoms with van der Waals surface area (Å²) in [4.78, 5) is 12.2. The maximum absolute atomic E-state index is 12.2. The molecule has 142 valence electrons. The van der Waals surface area contributed by atoms with Crippen LogP contribution in [0.5, 0.6) is 0 Å². The highest BCUT2D eigenvalue weighted by Gasteiger charge is 2.60. The molecule has 0 aliphatic heterocycles. The fourth-order valence-electron chi connectivity index (χ4n) is 8.40. The zero-order valence-corrected chi connectivity index (χ0v) is 16.9. The molecule has 8 unspecified atom stereocenters. The lowest BCUT2D eigenvalue weighted by Gasteiger charge is -2.61. The second kappa shape index (κ2) is 6.36. The predicted octanol–water partition coefficient (Wildman–Crippen LogP) is 5.50. The first-order valence-electron chi connectivity index (χ1n) is 10.9. The highest BCUT2D eigenvalue weighted by Crippen LogP contribution is 2.67. The van der Waals surface area contributed by atoms with E-state index in [0.29, 0.717) is 22.5 Å². The zero-order chi connectivity index (χ0) is 17.8. The average Bonchev–Trinajstić information content (AvgIpc) is 2.93. The number of ether oxygens (including phenoxy) is 1. The summed E-state index contributed by atoms with van der Waals surface area (Å²) in [6.07, 6.45) is 12.2. The summed E-state index contributed by atoms with van der Waals surface area (Å²) < 4.78 is 5.47. The zero-order valence-electron chi connectivity index (χ0n) is 16.9. The molecule has 0 spiro atoms. The molecule has 2 nitrogen and oxygen atoms in total. The minimum Gasteiger partial charge on any atom is -0.384 e. The van der Waals surface area contributed by atoms with Gasteiger partial charge in [-0.15, -0.1) is 0 Å². The molecule has 0 bridgehead atoms. The van der Waals surface area contributed by atoms with Gasteiger partial charge < -0.3 is 4.74 Å². The Morgan fingerprint density at radius 1 is 0.960 bits per heavy atom. The van der Waals surface area contributed by atoms with Crippen LogP contribution in [-0.4, -0.2) is 19.5 Å². The molecule has 4 saturated carbocycles. The highest BCUT2D eigenvalue weighted by molar-refractivity contribution is 5.79. The first kappa shape index (κ1) is 18.0. The summed E-state index contributed by atoms with van der Waals surface area (Å²) in [5.74, 6) is 5.14. The number of carbonyl (C=O) groups excluding carboxylic acids is 1. The summed E-state index contributed by atoms with van der Waals surface area (Å²) in [6, 6.07) is 0. The maximum atomic E-state index is 12.2. The van der Waals surface area contributed by atoms with Gasteiger partial charge in [-0.1, -0.05) is 13.8 Å². The van der Waals surface area contributed by atoms with E-state index in [1.165, 1.54) is 51.4 Å². The van der Waals surface area contributed by atoms with Gasteiger partial charge in [0.05, 0.1) is 0 Å². The van der Waals surface area contributed by atoms with E-state index in [-0.39, 0.29) is 0 Å². The van der Waals surface area contributed by atoms with E-state index >= 15 is 0 Å². The molecule has 0 radical (unpaired) electrons. The third-order valence-corrected chi connectivity index (χ3v) is 9.67. The van der Waals surface area contributed by atoms with Crippen LogP contribution in [-0.2, 0) is 9.53 Å². The molecule has 4 rings (SSSR count). The third kappa shape index (κ3) is 2.65. The van der Waals surface area contributed by atoms with Crippen molar-refractivity contribution in [3.63, 3.8) is 0 Å². The van der Waals surface area contributed by atoms with Crippen molar-refractivity contribution in [1.29, 1.82) is 0 Å². The summed E-state index contributed by atoms with van der Waals surface area (Å²) >= 11 is 0. The van der Waals surface area contributed by atoms with Crippen LogP contribution in [0.25, 0.3) is 0 Å². The van der Waals surface area contributed by atoms with Gasteiger partial charge in [0, 0.05) is 19.6 Å². The molecule has 0 heterocycles. The van der Waals surface area contributed by atoms with Crippen molar-refractivity contribution in [1.82, 2.24) is 0 Å². The number of Topliss-reactive ketones (excluding diaryl/α,β-unsaturated/α-hetero) is 1. The van der Waals surface area contributed by atoms with Crippen molar-refractivity contribution in [2.45, 2.75) is 78.6 Å². The van der Waals surface area contributed by atoms with Gasteiger partial charge in [-0.3, -0.25) is 4.79 Å². The molecule has 25 heavy (non-hydrogen) atoms. The molecule has 4 aliphatic carbocycles. The van der Waals surface area contributed by atoms with Crippen molar-refractivity contribution in [3.8, 4) is 0 Å². The van der Waals surface area contributed by atoms with Crippen LogP contribution >= 0.6 is 0 Å². The Labute approximate surface area is 154 Å². The van der Waals surface area contributed by atoms with Crippen LogP contribution in [0.4, 0.5) is 0 Å². The van der Waals surface area contributed by atoms with Gasteiger partial charge in [0.1, 0.15) is 5.78 Å². The van der Waals surface area contributed by atoms with Crippen molar-refractivity contribution in [2.24, 2.45) is 46.3 Å². The lowest BCUT2D eigenvalue weighted by molar-refractivity contribution is -0.136. The molecule has 0 saturated heterocycles. The van der Waals surface area contributed by atoms with Gasteiger partial charge in [0.15, 0.2) is 0 Å². The lowest BCUT2D eigenvalue weighted by atomic mass is 9.44. The van der Waals surface area contributed by atoms with Crippen LogP contribution in [0.15, 0.2) is 0 Å². The average molecular weight is 347 g/mol. The third-order valence-electron chi connectivity index (χ3n) is 9.67. The number of hydrogen-bond acceptors (Lipinski definition) is 2. The minimum absolute atomic E-state index is 0.309. The Morgan fingerprint density at radius 3 is 2.40 bits per heavy atom. The molecule has 4 fully saturated rings. The normalized spacial score (nSPS) is 52.2. The first-order valence-corrected chi connectivity index (χ1v) is 10.9. The number of fused-ring (bicyclic) bond motifs is 5. The largest absolute Gasteiger partial charge is 0.384 e. The van der Waals surface area contributed by atoms with Gasteiger partial charge in [0.25, 0.3) is 0 Å². The van der Waals surface area contributed by atoms with E-state index in [4.69, 9.17) is 4.74 Å². The fourth-order valence-corrected chi connectivity index (χ4v) is 8.40. The Bertz CT molecular complexity index is 528. The van der Waals surface area contributed by atoms with E-state index in [1.54, 1.807) is 0 Å². The molecule has 0 aromatic rings. The predicted molar refractivity (Wildman–Crippen MR) is 101 cm³/mol. The van der Waals surface area contributed by atoms with E-state index in [2.05, 4.69) is 13.8 Å². The van der Waals surface area contributed by atoms with Gasteiger partial charge in [-0.05, 0) is 105 Å². The first-order chi connectivity index (χ1) is 11.9. The standard InChI is InChI=1S/C23H38O2/c1-15(24)19-7-8-20-18-6-5-17-13-16(14-25-4)9-11-22(17,2)21(18)10-12-23(19,20)3/h16-21H,5-14H2,1-4H3. The Hall–Kier alpha value is -0.370. The van der Waals surface area contributed by atoms with Gasteiger partial charge in [-0.2, -0.15) is 0 Å². The maximum Gasteiger partial charge on any atom is 0.133 e. The molecular formula is C23H38O2. The van der Waals surface area contributed by atoms with E-state index in [9.17, 15) is 4.79 Å². The van der Waals surface area contributed by atoms with Crippen LogP contribution in [0.1, 0.15) is 78.6 Å². The second-order valence-electron chi connectivity index (χ2n) is 10.5. The molecule has 8 atom stereocenters. The van der Waals surface area contributed by atoms with Crippen LogP contribution < -0.4 is 0 Å². The Balaban J connectivity index is 1.55. The summed E-state index contributed by atoms with van der Waals surface area (Å²) in [6.45, 7) is 7.91. The number of carbonyl (C=O) groups is 1. The monoisotopic (exact) mass is 346 g/mol. The van der Waals surface area contributed by atoms with E-state index in [0.717, 1.165) is 42.6 Å². The SMILES string of the molecule is COCC1CCC2(C)C(CCC3C2CCC2(C)C(C(C)=O)CCC32)C1. The smallest absolute Gasteiger partial charge is 0.133 e. The molecular weight excluding hydrogens is 308 g/mol. The van der Waals surface area contributed by atoms with E-state index < -0.39 is 0 Å². The van der Waals surface area contributed by atoms with Crippen LogP contribution in [0.2, 0.25) is 0 Å². The minimum atomic E-state index is 0.309. The fraction of sp³-hybridized carbons (Fsp3) is 0.957. The number of methoxy groups -OCH3 is 1. The van der Waals surface area contributed by atoms with Crippen LogP contribution in [0, 0.1) is 46.3 Å². The molecule has 0 amide bonds. The molecule has 0 aromatic carbocycles. The van der Waals surface area contributed by atoms with E-state index in [1.807, 2.05) is 14.0 Å². The van der Waals surface area contributed by atoms with Crippen molar-refractivity contribution in [3.05, 3.63) is 0 Å². The lowest BCUT2D eigenvalue weighted by Crippen LogP contribution is -2.54. The Morgan fingerprint density at radius 2 is 1.68 bits per heavy atom.